The standard InChI is InChI=1S/C19H20FN3O3S/c1-3-21-11-14-10-19(23(13-14)16-7-5-4-6-15(16)20)27(24,25)18-12-22-9-8-17(18)26-2/h4-10,12-13,21H,3,11H2,1-2H3. The Hall–Kier alpha value is -2.71. The molecule has 3 aromatic rings. The van der Waals surface area contributed by atoms with E-state index in [1.54, 1.807) is 18.3 Å². The average Bonchev–Trinajstić information content (AvgIpc) is 3.11. The number of hydrogen-bond acceptors (Lipinski definition) is 5. The molecule has 2 heterocycles. The van der Waals surface area contributed by atoms with Crippen molar-refractivity contribution in [2.75, 3.05) is 13.7 Å². The lowest BCUT2D eigenvalue weighted by atomic mass is 10.3. The Balaban J connectivity index is 2.22. The highest BCUT2D eigenvalue weighted by Crippen LogP contribution is 2.31. The van der Waals surface area contributed by atoms with Gasteiger partial charge in [0.15, 0.2) is 0 Å². The number of benzene rings is 1. The molecule has 1 aromatic carbocycles. The summed E-state index contributed by atoms with van der Waals surface area (Å²) in [5.74, 6) is -0.336. The molecule has 0 aliphatic rings. The number of aromatic nitrogens is 2. The van der Waals surface area contributed by atoms with E-state index in [4.69, 9.17) is 4.74 Å². The van der Waals surface area contributed by atoms with Crippen molar-refractivity contribution in [3.8, 4) is 11.4 Å². The van der Waals surface area contributed by atoms with Gasteiger partial charge in [-0.2, -0.15) is 0 Å². The average molecular weight is 389 g/mol. The monoisotopic (exact) mass is 389 g/mol. The number of nitrogens with zero attached hydrogens (tertiary/aromatic N) is 2. The van der Waals surface area contributed by atoms with Gasteiger partial charge >= 0.3 is 0 Å². The summed E-state index contributed by atoms with van der Waals surface area (Å²) in [7, 11) is -2.61. The molecule has 0 saturated carbocycles. The normalized spacial score (nSPS) is 11.5. The van der Waals surface area contributed by atoms with Crippen molar-refractivity contribution in [1.82, 2.24) is 14.9 Å². The topological polar surface area (TPSA) is 73.2 Å². The van der Waals surface area contributed by atoms with Crippen LogP contribution in [0.3, 0.4) is 0 Å². The molecular formula is C19H20FN3O3S. The van der Waals surface area contributed by atoms with Crippen LogP contribution in [0.1, 0.15) is 12.5 Å². The molecule has 2 aromatic heterocycles. The van der Waals surface area contributed by atoms with Gasteiger partial charge in [0.1, 0.15) is 21.5 Å². The molecule has 0 unspecified atom stereocenters. The van der Waals surface area contributed by atoms with E-state index >= 15 is 0 Å². The molecule has 142 valence electrons. The van der Waals surface area contributed by atoms with E-state index in [0.29, 0.717) is 6.54 Å². The Labute approximate surface area is 157 Å². The van der Waals surface area contributed by atoms with Crippen LogP contribution in [0.25, 0.3) is 5.69 Å². The second-order valence-corrected chi connectivity index (χ2v) is 7.68. The summed E-state index contributed by atoms with van der Waals surface area (Å²) in [5, 5.41) is 3.10. The van der Waals surface area contributed by atoms with Crippen LogP contribution in [-0.2, 0) is 16.4 Å². The van der Waals surface area contributed by atoms with Crippen LogP contribution >= 0.6 is 0 Å². The fourth-order valence-electron chi connectivity index (χ4n) is 2.75. The van der Waals surface area contributed by atoms with Gasteiger partial charge in [0.2, 0.25) is 9.84 Å². The first-order valence-electron chi connectivity index (χ1n) is 8.39. The fraction of sp³-hybridized carbons (Fsp3) is 0.211. The Kier molecular flexibility index (Phi) is 5.57. The van der Waals surface area contributed by atoms with E-state index in [9.17, 15) is 12.8 Å². The minimum absolute atomic E-state index is 0.0493. The Morgan fingerprint density at radius 2 is 2.04 bits per heavy atom. The van der Waals surface area contributed by atoms with Gasteiger partial charge in [0.25, 0.3) is 0 Å². The molecule has 0 saturated heterocycles. The fourth-order valence-corrected chi connectivity index (χ4v) is 4.31. The largest absolute Gasteiger partial charge is 0.495 e. The second kappa shape index (κ2) is 7.89. The number of ether oxygens (including phenoxy) is 1. The van der Waals surface area contributed by atoms with Crippen molar-refractivity contribution in [2.45, 2.75) is 23.4 Å². The third-order valence-corrected chi connectivity index (χ3v) is 5.81. The number of hydrogen-bond donors (Lipinski definition) is 1. The zero-order chi connectivity index (χ0) is 19.4. The minimum Gasteiger partial charge on any atom is -0.495 e. The van der Waals surface area contributed by atoms with Crippen LogP contribution in [0.4, 0.5) is 4.39 Å². The summed E-state index contributed by atoms with van der Waals surface area (Å²) < 4.78 is 47.6. The molecule has 0 atom stereocenters. The Morgan fingerprint density at radius 3 is 2.74 bits per heavy atom. The number of methoxy groups -OCH3 is 1. The number of nitrogens with one attached hydrogen (secondary N) is 1. The van der Waals surface area contributed by atoms with Gasteiger partial charge in [-0.15, -0.1) is 0 Å². The molecule has 8 heteroatoms. The van der Waals surface area contributed by atoms with Gasteiger partial charge < -0.3 is 14.6 Å². The molecule has 6 nitrogen and oxygen atoms in total. The van der Waals surface area contributed by atoms with Gasteiger partial charge in [0, 0.05) is 25.1 Å². The maximum Gasteiger partial charge on any atom is 0.227 e. The van der Waals surface area contributed by atoms with E-state index < -0.39 is 15.7 Å². The third-order valence-electron chi connectivity index (χ3n) is 4.06. The lowest BCUT2D eigenvalue weighted by molar-refractivity contribution is 0.401. The van der Waals surface area contributed by atoms with Gasteiger partial charge in [-0.25, -0.2) is 12.8 Å². The first-order valence-corrected chi connectivity index (χ1v) is 9.87. The molecule has 27 heavy (non-hydrogen) atoms. The lowest BCUT2D eigenvalue weighted by Gasteiger charge is -2.12. The van der Waals surface area contributed by atoms with Gasteiger partial charge in [-0.3, -0.25) is 4.98 Å². The van der Waals surface area contributed by atoms with Crippen molar-refractivity contribution >= 4 is 9.84 Å². The molecule has 0 spiro atoms. The second-order valence-electron chi connectivity index (χ2n) is 5.82. The summed E-state index contributed by atoms with van der Waals surface area (Å²) in [4.78, 5) is 3.84. The van der Waals surface area contributed by atoms with Crippen molar-refractivity contribution < 1.29 is 17.5 Å². The summed E-state index contributed by atoms with van der Waals surface area (Å²) in [5.41, 5.74) is 0.878. The first-order chi connectivity index (χ1) is 13.0. The highest BCUT2D eigenvalue weighted by Gasteiger charge is 2.28. The number of rotatable bonds is 7. The predicted molar refractivity (Wildman–Crippen MR) is 99.3 cm³/mol. The molecule has 0 bridgehead atoms. The van der Waals surface area contributed by atoms with Gasteiger partial charge in [-0.1, -0.05) is 19.1 Å². The van der Waals surface area contributed by atoms with Gasteiger partial charge in [-0.05, 0) is 36.4 Å². The van der Waals surface area contributed by atoms with E-state index in [0.717, 1.165) is 12.1 Å². The number of halogens is 1. The van der Waals surface area contributed by atoms with E-state index in [1.807, 2.05) is 6.92 Å². The summed E-state index contributed by atoms with van der Waals surface area (Å²) in [6.07, 6.45) is 4.30. The third kappa shape index (κ3) is 3.72. The Morgan fingerprint density at radius 1 is 1.26 bits per heavy atom. The molecule has 0 aliphatic carbocycles. The summed E-state index contributed by atoms with van der Waals surface area (Å²) in [6, 6.07) is 9.05. The lowest BCUT2D eigenvalue weighted by Crippen LogP contribution is -2.11. The number of pyridine rings is 1. The predicted octanol–water partition coefficient (Wildman–Crippen LogP) is 2.96. The number of sulfone groups is 1. The van der Waals surface area contributed by atoms with Crippen molar-refractivity contribution in [2.24, 2.45) is 0 Å². The first kappa shape index (κ1) is 19.1. The minimum atomic E-state index is -4.00. The molecule has 1 N–H and O–H groups in total. The quantitative estimate of drug-likeness (QED) is 0.673. The SMILES string of the molecule is CCNCc1cc(S(=O)(=O)c2cnccc2OC)n(-c2ccccc2F)c1. The van der Waals surface area contributed by atoms with Crippen molar-refractivity contribution in [3.05, 3.63) is 66.4 Å². The molecule has 0 aliphatic heterocycles. The Bertz CT molecular complexity index is 1050. The zero-order valence-corrected chi connectivity index (χ0v) is 15.8. The van der Waals surface area contributed by atoms with E-state index in [2.05, 4.69) is 10.3 Å². The van der Waals surface area contributed by atoms with Crippen molar-refractivity contribution in [3.63, 3.8) is 0 Å². The van der Waals surface area contributed by atoms with Crippen LogP contribution in [-0.4, -0.2) is 31.6 Å². The van der Waals surface area contributed by atoms with Crippen LogP contribution in [0.5, 0.6) is 5.75 Å². The molecule has 0 fully saturated rings. The van der Waals surface area contributed by atoms with E-state index in [-0.39, 0.29) is 21.4 Å². The summed E-state index contributed by atoms with van der Waals surface area (Å²) in [6.45, 7) is 3.14. The van der Waals surface area contributed by atoms with Crippen LogP contribution in [0.15, 0.2) is 64.9 Å². The molecule has 0 radical (unpaired) electrons. The van der Waals surface area contributed by atoms with Gasteiger partial charge in [0.05, 0.1) is 12.8 Å². The smallest absolute Gasteiger partial charge is 0.227 e. The summed E-state index contributed by atoms with van der Waals surface area (Å²) >= 11 is 0. The highest BCUT2D eigenvalue weighted by atomic mass is 32.2. The molecular weight excluding hydrogens is 369 g/mol. The van der Waals surface area contributed by atoms with E-state index in [1.165, 1.54) is 48.3 Å². The van der Waals surface area contributed by atoms with Crippen LogP contribution < -0.4 is 10.1 Å². The molecule has 0 amide bonds. The maximum atomic E-state index is 14.4. The molecule has 3 rings (SSSR count). The highest BCUT2D eigenvalue weighted by molar-refractivity contribution is 7.91. The zero-order valence-electron chi connectivity index (χ0n) is 15.0. The maximum absolute atomic E-state index is 14.4. The van der Waals surface area contributed by atoms with Crippen LogP contribution in [0.2, 0.25) is 0 Å². The number of para-hydroxylation sites is 1. The van der Waals surface area contributed by atoms with Crippen molar-refractivity contribution in [1.29, 1.82) is 0 Å². The van der Waals surface area contributed by atoms with Crippen LogP contribution in [0, 0.1) is 5.82 Å².